The topological polar surface area (TPSA) is 38.8 Å². The van der Waals surface area contributed by atoms with Crippen molar-refractivity contribution in [2.75, 3.05) is 32.8 Å². The minimum Gasteiger partial charge on any atom is -0.381 e. The third-order valence-electron chi connectivity index (χ3n) is 3.77. The van der Waals surface area contributed by atoms with Gasteiger partial charge in [0.05, 0.1) is 12.2 Å². The molecular weight excluding hydrogens is 218 g/mol. The SMILES string of the molecule is C[C@@H]1CN(CC2(C=O)CCOCC2)C[C@H](C)O1. The molecular formula is C13H23NO3. The molecule has 17 heavy (non-hydrogen) atoms. The van der Waals surface area contributed by atoms with Crippen molar-refractivity contribution in [1.82, 2.24) is 4.90 Å². The van der Waals surface area contributed by atoms with Gasteiger partial charge in [-0.25, -0.2) is 0 Å². The first-order valence-electron chi connectivity index (χ1n) is 6.55. The maximum Gasteiger partial charge on any atom is 0.127 e. The van der Waals surface area contributed by atoms with Crippen molar-refractivity contribution in [3.05, 3.63) is 0 Å². The van der Waals surface area contributed by atoms with Crippen LogP contribution in [0.2, 0.25) is 0 Å². The number of carbonyl (C=O) groups is 1. The minimum absolute atomic E-state index is 0.185. The van der Waals surface area contributed by atoms with Gasteiger partial charge in [0.2, 0.25) is 0 Å². The smallest absolute Gasteiger partial charge is 0.127 e. The molecule has 0 amide bonds. The maximum atomic E-state index is 11.4. The van der Waals surface area contributed by atoms with Gasteiger partial charge >= 0.3 is 0 Å². The summed E-state index contributed by atoms with van der Waals surface area (Å²) in [5.41, 5.74) is -0.185. The van der Waals surface area contributed by atoms with E-state index in [2.05, 4.69) is 18.7 Å². The quantitative estimate of drug-likeness (QED) is 0.693. The van der Waals surface area contributed by atoms with Crippen LogP contribution in [0.15, 0.2) is 0 Å². The average molecular weight is 241 g/mol. The van der Waals surface area contributed by atoms with Gasteiger partial charge in [0.1, 0.15) is 6.29 Å². The molecule has 0 bridgehead atoms. The second-order valence-electron chi connectivity index (χ2n) is 5.54. The zero-order valence-electron chi connectivity index (χ0n) is 10.9. The second-order valence-corrected chi connectivity index (χ2v) is 5.54. The summed E-state index contributed by atoms with van der Waals surface area (Å²) >= 11 is 0. The molecule has 0 saturated carbocycles. The van der Waals surface area contributed by atoms with E-state index in [-0.39, 0.29) is 17.6 Å². The van der Waals surface area contributed by atoms with Crippen molar-refractivity contribution in [1.29, 1.82) is 0 Å². The van der Waals surface area contributed by atoms with Crippen LogP contribution >= 0.6 is 0 Å². The van der Waals surface area contributed by atoms with Crippen molar-refractivity contribution in [3.8, 4) is 0 Å². The Hall–Kier alpha value is -0.450. The first-order chi connectivity index (χ1) is 8.13. The fraction of sp³-hybridized carbons (Fsp3) is 0.923. The second kappa shape index (κ2) is 5.46. The average Bonchev–Trinajstić information content (AvgIpc) is 2.29. The number of hydrogen-bond acceptors (Lipinski definition) is 4. The van der Waals surface area contributed by atoms with E-state index in [1.165, 1.54) is 0 Å². The van der Waals surface area contributed by atoms with Gasteiger partial charge in [-0.1, -0.05) is 0 Å². The Labute approximate surface area is 103 Å². The van der Waals surface area contributed by atoms with E-state index in [1.54, 1.807) is 0 Å². The standard InChI is InChI=1S/C13H23NO3/c1-11-7-14(8-12(2)17-11)9-13(10-15)3-5-16-6-4-13/h10-12H,3-9H2,1-2H3/t11-,12+. The molecule has 0 aliphatic carbocycles. The zero-order valence-corrected chi connectivity index (χ0v) is 10.9. The summed E-state index contributed by atoms with van der Waals surface area (Å²) in [6, 6.07) is 0. The van der Waals surface area contributed by atoms with Crippen molar-refractivity contribution in [2.45, 2.75) is 38.9 Å². The molecule has 2 aliphatic rings. The monoisotopic (exact) mass is 241 g/mol. The highest BCUT2D eigenvalue weighted by molar-refractivity contribution is 5.60. The molecule has 0 aromatic carbocycles. The van der Waals surface area contributed by atoms with Gasteiger partial charge < -0.3 is 14.3 Å². The number of aldehydes is 1. The lowest BCUT2D eigenvalue weighted by molar-refractivity contribution is -0.127. The molecule has 2 atom stereocenters. The van der Waals surface area contributed by atoms with Crippen LogP contribution in [-0.4, -0.2) is 56.2 Å². The van der Waals surface area contributed by atoms with Crippen LogP contribution in [0.25, 0.3) is 0 Å². The van der Waals surface area contributed by atoms with Crippen LogP contribution in [-0.2, 0) is 14.3 Å². The molecule has 2 aliphatic heterocycles. The summed E-state index contributed by atoms with van der Waals surface area (Å²) in [5, 5.41) is 0. The van der Waals surface area contributed by atoms with Gasteiger partial charge in [-0.3, -0.25) is 4.90 Å². The molecule has 0 spiro atoms. The van der Waals surface area contributed by atoms with E-state index in [1.807, 2.05) is 0 Å². The minimum atomic E-state index is -0.185. The predicted octanol–water partition coefficient (Wildman–Crippen LogP) is 1.09. The molecule has 2 rings (SSSR count). The summed E-state index contributed by atoms with van der Waals surface area (Å²) in [4.78, 5) is 13.8. The van der Waals surface area contributed by atoms with Gasteiger partial charge in [0.25, 0.3) is 0 Å². The normalized spacial score (nSPS) is 34.5. The van der Waals surface area contributed by atoms with Gasteiger partial charge in [-0.2, -0.15) is 0 Å². The molecule has 0 unspecified atom stereocenters. The van der Waals surface area contributed by atoms with Gasteiger partial charge in [-0.05, 0) is 26.7 Å². The largest absolute Gasteiger partial charge is 0.381 e. The lowest BCUT2D eigenvalue weighted by Gasteiger charge is -2.41. The van der Waals surface area contributed by atoms with Gasteiger partial charge in [0, 0.05) is 38.3 Å². The number of hydrogen-bond donors (Lipinski definition) is 0. The molecule has 4 nitrogen and oxygen atoms in total. The Bertz CT molecular complexity index is 253. The molecule has 2 fully saturated rings. The first kappa shape index (κ1) is 13.0. The maximum absolute atomic E-state index is 11.4. The molecule has 0 aromatic heterocycles. The fourth-order valence-corrected chi connectivity index (χ4v) is 2.95. The van der Waals surface area contributed by atoms with E-state index in [0.29, 0.717) is 13.2 Å². The number of morpholine rings is 1. The lowest BCUT2D eigenvalue weighted by atomic mass is 9.81. The van der Waals surface area contributed by atoms with Crippen LogP contribution < -0.4 is 0 Å². The number of rotatable bonds is 3. The Balaban J connectivity index is 1.95. The molecule has 4 heteroatoms. The fourth-order valence-electron chi connectivity index (χ4n) is 2.95. The van der Waals surface area contributed by atoms with Gasteiger partial charge in [-0.15, -0.1) is 0 Å². The van der Waals surface area contributed by atoms with Crippen LogP contribution in [0, 0.1) is 5.41 Å². The van der Waals surface area contributed by atoms with Crippen LogP contribution in [0.3, 0.4) is 0 Å². The highest BCUT2D eigenvalue weighted by atomic mass is 16.5. The van der Waals surface area contributed by atoms with Crippen molar-refractivity contribution in [3.63, 3.8) is 0 Å². The third kappa shape index (κ3) is 3.27. The summed E-state index contributed by atoms with van der Waals surface area (Å²) in [6.07, 6.45) is 3.40. The van der Waals surface area contributed by atoms with E-state index < -0.39 is 0 Å². The van der Waals surface area contributed by atoms with E-state index in [0.717, 1.165) is 38.8 Å². The lowest BCUT2D eigenvalue weighted by Crippen LogP contribution is -2.51. The summed E-state index contributed by atoms with van der Waals surface area (Å²) in [5.74, 6) is 0. The van der Waals surface area contributed by atoms with Crippen LogP contribution in [0.5, 0.6) is 0 Å². The van der Waals surface area contributed by atoms with Gasteiger partial charge in [0.15, 0.2) is 0 Å². The third-order valence-corrected chi connectivity index (χ3v) is 3.77. The number of nitrogens with zero attached hydrogens (tertiary/aromatic N) is 1. The molecule has 0 aromatic rings. The van der Waals surface area contributed by atoms with Crippen LogP contribution in [0.1, 0.15) is 26.7 Å². The molecule has 2 saturated heterocycles. The molecule has 0 N–H and O–H groups in total. The Morgan fingerprint density at radius 3 is 2.35 bits per heavy atom. The van der Waals surface area contributed by atoms with Crippen LogP contribution in [0.4, 0.5) is 0 Å². The highest BCUT2D eigenvalue weighted by Crippen LogP contribution is 2.30. The predicted molar refractivity (Wildman–Crippen MR) is 65.0 cm³/mol. The Kier molecular flexibility index (Phi) is 4.17. The number of carbonyl (C=O) groups excluding carboxylic acids is 1. The van der Waals surface area contributed by atoms with Crippen molar-refractivity contribution < 1.29 is 14.3 Å². The molecule has 2 heterocycles. The van der Waals surface area contributed by atoms with Crippen molar-refractivity contribution >= 4 is 6.29 Å². The Morgan fingerprint density at radius 1 is 1.24 bits per heavy atom. The van der Waals surface area contributed by atoms with Crippen molar-refractivity contribution in [2.24, 2.45) is 5.41 Å². The summed E-state index contributed by atoms with van der Waals surface area (Å²) < 4.78 is 11.1. The Morgan fingerprint density at radius 2 is 1.82 bits per heavy atom. The van der Waals surface area contributed by atoms with E-state index in [4.69, 9.17) is 9.47 Å². The molecule has 0 radical (unpaired) electrons. The zero-order chi connectivity index (χ0) is 12.3. The highest BCUT2D eigenvalue weighted by Gasteiger charge is 2.36. The summed E-state index contributed by atoms with van der Waals surface area (Å²) in [6.45, 7) is 8.35. The van der Waals surface area contributed by atoms with E-state index in [9.17, 15) is 4.79 Å². The number of ether oxygens (including phenoxy) is 2. The first-order valence-corrected chi connectivity index (χ1v) is 6.55. The summed E-state index contributed by atoms with van der Waals surface area (Å²) in [7, 11) is 0. The molecule has 98 valence electrons. The van der Waals surface area contributed by atoms with E-state index >= 15 is 0 Å².